The monoisotopic (exact) mass is 180 g/mol. The molecule has 1 heterocycles. The van der Waals surface area contributed by atoms with Gasteiger partial charge in [-0.1, -0.05) is 6.08 Å². The Balaban J connectivity index is 2.44. The van der Waals surface area contributed by atoms with E-state index in [0.717, 1.165) is 12.2 Å². The molecule has 13 heavy (non-hydrogen) atoms. The molecule has 0 radical (unpaired) electrons. The van der Waals surface area contributed by atoms with Gasteiger partial charge in [0.1, 0.15) is 0 Å². The van der Waals surface area contributed by atoms with Crippen LogP contribution in [0.1, 0.15) is 26.3 Å². The van der Waals surface area contributed by atoms with Gasteiger partial charge in [-0.2, -0.15) is 5.10 Å². The Morgan fingerprint density at radius 3 is 3.00 bits per heavy atom. The quantitative estimate of drug-likeness (QED) is 0.514. The average molecular weight is 180 g/mol. The van der Waals surface area contributed by atoms with Gasteiger partial charge < -0.3 is 4.74 Å². The lowest BCUT2D eigenvalue weighted by molar-refractivity contribution is 0.324. The molecule has 0 unspecified atom stereocenters. The van der Waals surface area contributed by atoms with Crippen LogP contribution in [-0.2, 0) is 0 Å². The van der Waals surface area contributed by atoms with E-state index in [1.54, 1.807) is 6.20 Å². The minimum Gasteiger partial charge on any atom is -0.490 e. The molecule has 0 saturated heterocycles. The van der Waals surface area contributed by atoms with Gasteiger partial charge in [0.15, 0.2) is 5.75 Å². The van der Waals surface area contributed by atoms with Gasteiger partial charge in [0.2, 0.25) is 0 Å². The van der Waals surface area contributed by atoms with E-state index < -0.39 is 0 Å². The Hall–Kier alpha value is -1.25. The standard InChI is InChI=1S/C10H16N2O/c1-4-5-6-13-10-7-11-12(8-10)9(2)3/h4,7-9H,1,5-6H2,2-3H3. The maximum absolute atomic E-state index is 5.42. The second kappa shape index (κ2) is 4.70. The van der Waals surface area contributed by atoms with Crippen molar-refractivity contribution in [3.05, 3.63) is 25.0 Å². The molecule has 0 aliphatic carbocycles. The molecule has 1 rings (SSSR count). The van der Waals surface area contributed by atoms with Gasteiger partial charge in [-0.3, -0.25) is 4.68 Å². The Kier molecular flexibility index (Phi) is 3.55. The molecule has 3 nitrogen and oxygen atoms in total. The van der Waals surface area contributed by atoms with Crippen molar-refractivity contribution in [1.82, 2.24) is 9.78 Å². The molecule has 0 spiro atoms. The third-order valence-corrected chi connectivity index (χ3v) is 1.70. The predicted molar refractivity (Wildman–Crippen MR) is 52.9 cm³/mol. The first-order valence-corrected chi connectivity index (χ1v) is 4.52. The Morgan fingerprint density at radius 1 is 1.69 bits per heavy atom. The number of hydrogen-bond donors (Lipinski definition) is 0. The summed E-state index contributed by atoms with van der Waals surface area (Å²) in [6.07, 6.45) is 6.36. The lowest BCUT2D eigenvalue weighted by Gasteiger charge is -2.03. The highest BCUT2D eigenvalue weighted by Gasteiger charge is 2.01. The molecule has 0 N–H and O–H groups in total. The zero-order valence-electron chi connectivity index (χ0n) is 8.23. The van der Waals surface area contributed by atoms with Crippen molar-refractivity contribution in [2.45, 2.75) is 26.3 Å². The third kappa shape index (κ3) is 2.93. The summed E-state index contributed by atoms with van der Waals surface area (Å²) in [5.41, 5.74) is 0. The van der Waals surface area contributed by atoms with Crippen LogP contribution >= 0.6 is 0 Å². The molecular formula is C10H16N2O. The van der Waals surface area contributed by atoms with Crippen LogP contribution in [0.15, 0.2) is 25.0 Å². The highest BCUT2D eigenvalue weighted by atomic mass is 16.5. The van der Waals surface area contributed by atoms with Crippen molar-refractivity contribution in [2.24, 2.45) is 0 Å². The summed E-state index contributed by atoms with van der Waals surface area (Å²) in [5.74, 6) is 0.829. The van der Waals surface area contributed by atoms with Gasteiger partial charge in [0, 0.05) is 6.04 Å². The van der Waals surface area contributed by atoms with Gasteiger partial charge in [0.05, 0.1) is 19.0 Å². The molecule has 0 amide bonds. The highest BCUT2D eigenvalue weighted by molar-refractivity contribution is 5.11. The van der Waals surface area contributed by atoms with Crippen molar-refractivity contribution in [2.75, 3.05) is 6.61 Å². The summed E-state index contributed by atoms with van der Waals surface area (Å²) >= 11 is 0. The Morgan fingerprint density at radius 2 is 2.46 bits per heavy atom. The molecule has 0 fully saturated rings. The third-order valence-electron chi connectivity index (χ3n) is 1.70. The maximum atomic E-state index is 5.42. The van der Waals surface area contributed by atoms with Crippen LogP contribution in [0.5, 0.6) is 5.75 Å². The molecule has 0 aliphatic heterocycles. The van der Waals surface area contributed by atoms with Crippen molar-refractivity contribution in [3.8, 4) is 5.75 Å². The summed E-state index contributed by atoms with van der Waals surface area (Å²) in [5, 5.41) is 4.16. The SMILES string of the molecule is C=CCCOc1cnn(C(C)C)c1. The van der Waals surface area contributed by atoms with Gasteiger partial charge in [-0.15, -0.1) is 6.58 Å². The van der Waals surface area contributed by atoms with Gasteiger partial charge >= 0.3 is 0 Å². The number of nitrogens with zero attached hydrogens (tertiary/aromatic N) is 2. The molecular weight excluding hydrogens is 164 g/mol. The fraction of sp³-hybridized carbons (Fsp3) is 0.500. The van der Waals surface area contributed by atoms with Crippen LogP contribution in [0, 0.1) is 0 Å². The number of hydrogen-bond acceptors (Lipinski definition) is 2. The minimum absolute atomic E-state index is 0.386. The predicted octanol–water partition coefficient (Wildman–Crippen LogP) is 2.42. The van der Waals surface area contributed by atoms with Crippen LogP contribution in [-0.4, -0.2) is 16.4 Å². The van der Waals surface area contributed by atoms with E-state index >= 15 is 0 Å². The smallest absolute Gasteiger partial charge is 0.157 e. The second-order valence-corrected chi connectivity index (χ2v) is 3.18. The molecule has 72 valence electrons. The summed E-state index contributed by atoms with van der Waals surface area (Å²) in [7, 11) is 0. The fourth-order valence-corrected chi connectivity index (χ4v) is 0.938. The molecule has 1 aromatic heterocycles. The lowest BCUT2D eigenvalue weighted by Crippen LogP contribution is -2.00. The summed E-state index contributed by atoms with van der Waals surface area (Å²) < 4.78 is 7.30. The fourth-order valence-electron chi connectivity index (χ4n) is 0.938. The maximum Gasteiger partial charge on any atom is 0.157 e. The number of ether oxygens (including phenoxy) is 1. The molecule has 0 bridgehead atoms. The van der Waals surface area contributed by atoms with Crippen LogP contribution in [0.25, 0.3) is 0 Å². The number of rotatable bonds is 5. The molecule has 0 saturated carbocycles. The van der Waals surface area contributed by atoms with E-state index in [4.69, 9.17) is 4.74 Å². The minimum atomic E-state index is 0.386. The van der Waals surface area contributed by atoms with Crippen molar-refractivity contribution < 1.29 is 4.74 Å². The highest BCUT2D eigenvalue weighted by Crippen LogP contribution is 2.12. The lowest BCUT2D eigenvalue weighted by atomic mass is 10.4. The largest absolute Gasteiger partial charge is 0.490 e. The van der Waals surface area contributed by atoms with E-state index in [1.807, 2.05) is 17.0 Å². The van der Waals surface area contributed by atoms with Crippen LogP contribution in [0.3, 0.4) is 0 Å². The second-order valence-electron chi connectivity index (χ2n) is 3.18. The van der Waals surface area contributed by atoms with E-state index in [2.05, 4.69) is 25.5 Å². The number of aromatic nitrogens is 2. The van der Waals surface area contributed by atoms with Crippen molar-refractivity contribution >= 4 is 0 Å². The van der Waals surface area contributed by atoms with Gasteiger partial charge in [-0.05, 0) is 20.3 Å². The normalized spacial score (nSPS) is 10.4. The van der Waals surface area contributed by atoms with E-state index in [-0.39, 0.29) is 0 Å². The van der Waals surface area contributed by atoms with Crippen molar-refractivity contribution in [3.63, 3.8) is 0 Å². The molecule has 0 atom stereocenters. The first-order chi connectivity index (χ1) is 6.24. The van der Waals surface area contributed by atoms with Crippen LogP contribution in [0.4, 0.5) is 0 Å². The van der Waals surface area contributed by atoms with Crippen LogP contribution in [0.2, 0.25) is 0 Å². The van der Waals surface area contributed by atoms with Crippen molar-refractivity contribution in [1.29, 1.82) is 0 Å². The molecule has 0 aromatic carbocycles. The Labute approximate surface area is 79.0 Å². The molecule has 0 aliphatic rings. The van der Waals surface area contributed by atoms with Gasteiger partial charge in [0.25, 0.3) is 0 Å². The van der Waals surface area contributed by atoms with E-state index in [1.165, 1.54) is 0 Å². The summed E-state index contributed by atoms with van der Waals surface area (Å²) in [6.45, 7) is 8.47. The topological polar surface area (TPSA) is 27.1 Å². The average Bonchev–Trinajstić information content (AvgIpc) is 2.53. The van der Waals surface area contributed by atoms with E-state index in [0.29, 0.717) is 12.6 Å². The Bertz CT molecular complexity index is 266. The van der Waals surface area contributed by atoms with E-state index in [9.17, 15) is 0 Å². The molecule has 3 heteroatoms. The molecule has 1 aromatic rings. The van der Waals surface area contributed by atoms with Crippen LogP contribution < -0.4 is 4.74 Å². The summed E-state index contributed by atoms with van der Waals surface area (Å²) in [4.78, 5) is 0. The first kappa shape index (κ1) is 9.84. The zero-order chi connectivity index (χ0) is 9.68. The summed E-state index contributed by atoms with van der Waals surface area (Å²) in [6, 6.07) is 0.386. The zero-order valence-corrected chi connectivity index (χ0v) is 8.23. The van der Waals surface area contributed by atoms with Gasteiger partial charge in [-0.25, -0.2) is 0 Å². The first-order valence-electron chi connectivity index (χ1n) is 4.52.